The van der Waals surface area contributed by atoms with Crippen LogP contribution < -0.4 is 5.73 Å². The third-order valence-electron chi connectivity index (χ3n) is 4.41. The molecule has 2 aliphatic rings. The molecule has 0 aliphatic carbocycles. The van der Waals surface area contributed by atoms with E-state index in [-0.39, 0.29) is 42.8 Å². The first-order chi connectivity index (χ1) is 9.74. The van der Waals surface area contributed by atoms with Crippen molar-refractivity contribution in [1.82, 2.24) is 9.80 Å². The van der Waals surface area contributed by atoms with E-state index in [1.165, 1.54) is 5.56 Å². The topological polar surface area (TPSA) is 49.6 Å². The van der Waals surface area contributed by atoms with Crippen molar-refractivity contribution in [3.05, 3.63) is 35.9 Å². The average molecular weight is 346 g/mol. The average Bonchev–Trinajstić information content (AvgIpc) is 3.08. The lowest BCUT2D eigenvalue weighted by Gasteiger charge is -2.27. The molecule has 2 fully saturated rings. The summed E-state index contributed by atoms with van der Waals surface area (Å²) in [5, 5.41) is 0. The molecule has 0 saturated carbocycles. The van der Waals surface area contributed by atoms with Crippen LogP contribution in [-0.4, -0.2) is 47.4 Å². The molecule has 1 amide bonds. The zero-order chi connectivity index (χ0) is 13.9. The van der Waals surface area contributed by atoms with Gasteiger partial charge in [0.1, 0.15) is 0 Å². The van der Waals surface area contributed by atoms with E-state index in [9.17, 15) is 4.79 Å². The van der Waals surface area contributed by atoms with Crippen molar-refractivity contribution in [2.24, 2.45) is 5.73 Å². The molecule has 2 saturated heterocycles. The van der Waals surface area contributed by atoms with Crippen molar-refractivity contribution >= 4 is 30.7 Å². The molecular weight excluding hydrogens is 321 g/mol. The number of halogens is 2. The molecule has 124 valence electrons. The molecule has 3 rings (SSSR count). The Labute approximate surface area is 144 Å². The van der Waals surface area contributed by atoms with E-state index >= 15 is 0 Å². The lowest BCUT2D eigenvalue weighted by Crippen LogP contribution is -2.45. The van der Waals surface area contributed by atoms with Gasteiger partial charge in [-0.15, -0.1) is 24.8 Å². The van der Waals surface area contributed by atoms with E-state index in [2.05, 4.69) is 29.2 Å². The first kappa shape index (κ1) is 19.2. The second-order valence-corrected chi connectivity index (χ2v) is 5.95. The molecule has 2 aliphatic heterocycles. The van der Waals surface area contributed by atoms with Gasteiger partial charge in [-0.2, -0.15) is 0 Å². The van der Waals surface area contributed by atoms with E-state index in [1.807, 2.05) is 11.0 Å². The highest BCUT2D eigenvalue weighted by atomic mass is 35.5. The van der Waals surface area contributed by atoms with E-state index < -0.39 is 0 Å². The summed E-state index contributed by atoms with van der Waals surface area (Å²) in [4.78, 5) is 16.9. The second kappa shape index (κ2) is 8.73. The number of likely N-dealkylation sites (tertiary alicyclic amines) is 2. The van der Waals surface area contributed by atoms with Crippen LogP contribution in [0.1, 0.15) is 24.8 Å². The Hall–Kier alpha value is -0.810. The first-order valence-corrected chi connectivity index (χ1v) is 7.56. The van der Waals surface area contributed by atoms with Gasteiger partial charge in [0.05, 0.1) is 6.04 Å². The maximum atomic E-state index is 12.6. The highest BCUT2D eigenvalue weighted by Gasteiger charge is 2.35. The fraction of sp³-hybridized carbons (Fsp3) is 0.562. The predicted octanol–water partition coefficient (Wildman–Crippen LogP) is 2.05. The van der Waals surface area contributed by atoms with Crippen LogP contribution in [-0.2, 0) is 11.3 Å². The van der Waals surface area contributed by atoms with E-state index in [0.717, 1.165) is 45.4 Å². The Balaban J connectivity index is 0.00000121. The van der Waals surface area contributed by atoms with Gasteiger partial charge < -0.3 is 10.6 Å². The number of benzene rings is 1. The fourth-order valence-corrected chi connectivity index (χ4v) is 3.31. The van der Waals surface area contributed by atoms with Crippen molar-refractivity contribution in [1.29, 1.82) is 0 Å². The first-order valence-electron chi connectivity index (χ1n) is 7.56. The monoisotopic (exact) mass is 345 g/mol. The quantitative estimate of drug-likeness (QED) is 0.911. The van der Waals surface area contributed by atoms with Crippen LogP contribution in [0.2, 0.25) is 0 Å². The Morgan fingerprint density at radius 3 is 2.50 bits per heavy atom. The zero-order valence-electron chi connectivity index (χ0n) is 12.7. The molecule has 0 spiro atoms. The van der Waals surface area contributed by atoms with Gasteiger partial charge in [-0.3, -0.25) is 9.69 Å². The van der Waals surface area contributed by atoms with Crippen LogP contribution >= 0.6 is 24.8 Å². The smallest absolute Gasteiger partial charge is 0.239 e. The number of amides is 1. The van der Waals surface area contributed by atoms with Gasteiger partial charge in [0.15, 0.2) is 0 Å². The molecule has 4 nitrogen and oxygen atoms in total. The predicted molar refractivity (Wildman–Crippen MR) is 93.5 cm³/mol. The molecule has 2 N–H and O–H groups in total. The van der Waals surface area contributed by atoms with Crippen molar-refractivity contribution in [3.63, 3.8) is 0 Å². The van der Waals surface area contributed by atoms with Crippen LogP contribution in [0, 0.1) is 0 Å². The van der Waals surface area contributed by atoms with Gasteiger partial charge in [-0.1, -0.05) is 30.3 Å². The summed E-state index contributed by atoms with van der Waals surface area (Å²) >= 11 is 0. The molecule has 1 unspecified atom stereocenters. The Morgan fingerprint density at radius 1 is 1.14 bits per heavy atom. The molecular formula is C16H25Cl2N3O. The number of nitrogens with zero attached hydrogens (tertiary/aromatic N) is 2. The number of carbonyl (C=O) groups excluding carboxylic acids is 1. The van der Waals surface area contributed by atoms with Crippen LogP contribution in [0.5, 0.6) is 0 Å². The molecule has 2 atom stereocenters. The van der Waals surface area contributed by atoms with E-state index in [1.54, 1.807) is 0 Å². The highest BCUT2D eigenvalue weighted by molar-refractivity contribution is 5.85. The van der Waals surface area contributed by atoms with Crippen LogP contribution in [0.25, 0.3) is 0 Å². The number of nitrogens with two attached hydrogens (primary N) is 1. The third-order valence-corrected chi connectivity index (χ3v) is 4.41. The largest absolute Gasteiger partial charge is 0.340 e. The highest BCUT2D eigenvalue weighted by Crippen LogP contribution is 2.23. The Bertz CT molecular complexity index is 472. The van der Waals surface area contributed by atoms with Gasteiger partial charge in [0, 0.05) is 25.7 Å². The fourth-order valence-electron chi connectivity index (χ4n) is 3.31. The summed E-state index contributed by atoms with van der Waals surface area (Å²) in [7, 11) is 0. The summed E-state index contributed by atoms with van der Waals surface area (Å²) in [6, 6.07) is 10.6. The number of hydrogen-bond donors (Lipinski definition) is 1. The minimum absolute atomic E-state index is 0. The van der Waals surface area contributed by atoms with Gasteiger partial charge in [-0.05, 0) is 31.4 Å². The van der Waals surface area contributed by atoms with E-state index in [4.69, 9.17) is 5.73 Å². The maximum absolute atomic E-state index is 12.6. The number of rotatable bonds is 3. The maximum Gasteiger partial charge on any atom is 0.239 e. The van der Waals surface area contributed by atoms with Gasteiger partial charge in [0.25, 0.3) is 0 Å². The van der Waals surface area contributed by atoms with Crippen molar-refractivity contribution in [2.75, 3.05) is 19.6 Å². The van der Waals surface area contributed by atoms with Gasteiger partial charge in [0.2, 0.25) is 5.91 Å². The Morgan fingerprint density at radius 2 is 1.86 bits per heavy atom. The van der Waals surface area contributed by atoms with Gasteiger partial charge in [-0.25, -0.2) is 0 Å². The SMILES string of the molecule is Cl.Cl.N[C@@H]1CCN(C(=O)C2CCCN2Cc2ccccc2)C1. The van der Waals surface area contributed by atoms with Crippen molar-refractivity contribution in [2.45, 2.75) is 37.9 Å². The van der Waals surface area contributed by atoms with Crippen LogP contribution in [0.4, 0.5) is 0 Å². The number of hydrogen-bond acceptors (Lipinski definition) is 3. The lowest BCUT2D eigenvalue weighted by atomic mass is 10.1. The minimum Gasteiger partial charge on any atom is -0.340 e. The summed E-state index contributed by atoms with van der Waals surface area (Å²) in [6.07, 6.45) is 3.04. The summed E-state index contributed by atoms with van der Waals surface area (Å²) in [5.41, 5.74) is 7.20. The van der Waals surface area contributed by atoms with Crippen molar-refractivity contribution in [3.8, 4) is 0 Å². The second-order valence-electron chi connectivity index (χ2n) is 5.95. The molecule has 0 aromatic heterocycles. The van der Waals surface area contributed by atoms with Gasteiger partial charge >= 0.3 is 0 Å². The minimum atomic E-state index is 0. The summed E-state index contributed by atoms with van der Waals surface area (Å²) in [5.74, 6) is 0.284. The number of carbonyl (C=O) groups is 1. The summed E-state index contributed by atoms with van der Waals surface area (Å²) < 4.78 is 0. The zero-order valence-corrected chi connectivity index (χ0v) is 14.3. The molecule has 22 heavy (non-hydrogen) atoms. The molecule has 1 aromatic carbocycles. The summed E-state index contributed by atoms with van der Waals surface area (Å²) in [6.45, 7) is 3.45. The normalized spacial score (nSPS) is 24.7. The van der Waals surface area contributed by atoms with Crippen molar-refractivity contribution < 1.29 is 4.79 Å². The Kier molecular flexibility index (Phi) is 7.63. The molecule has 6 heteroatoms. The standard InChI is InChI=1S/C16H23N3O.2ClH/c17-14-8-10-19(12-14)16(20)15-7-4-9-18(15)11-13-5-2-1-3-6-13;;/h1-3,5-6,14-15H,4,7-12,17H2;2*1H/t14-,15?;;/m1../s1. The molecule has 0 radical (unpaired) electrons. The van der Waals surface area contributed by atoms with E-state index in [0.29, 0.717) is 0 Å². The van der Waals surface area contributed by atoms with Crippen LogP contribution in [0.15, 0.2) is 30.3 Å². The van der Waals surface area contributed by atoms with Crippen LogP contribution in [0.3, 0.4) is 0 Å². The molecule has 2 heterocycles. The molecule has 1 aromatic rings. The molecule has 0 bridgehead atoms. The lowest BCUT2D eigenvalue weighted by molar-refractivity contribution is -0.135. The third kappa shape index (κ3) is 4.35.